The monoisotopic (exact) mass is 883 g/mol. The van der Waals surface area contributed by atoms with Gasteiger partial charge in [-0.1, -0.05) is 79.9 Å². The lowest BCUT2D eigenvalue weighted by Crippen LogP contribution is -2.54. The second-order valence-electron chi connectivity index (χ2n) is 20.5. The van der Waals surface area contributed by atoms with Crippen LogP contribution >= 0.6 is 8.53 Å². The summed E-state index contributed by atoms with van der Waals surface area (Å²) in [4.78, 5) is 34.2. The standard InChI is InChI=1S/C47H78F3N4O5P.CH4/c1-11-36-29-38(59-60(58-26-13-25-51)54(32(4)5)33(6)7)30-52(36)43(55)22-27-57-53(44(56)47(48,49)50)37-20-23-45(9)35(28-37)16-17-39-41-19-18-40(34(8)15-12-14-31(2)3)46(41,10)24-21-42(39)45;/h16,31-34,36-42H,11-15,17-24,26-30H2,1-10H3;1H4/t34-,36-,37?,38-,39?,40-,41?,42?,45+,46-,60?;/m1./s1. The molecule has 1 saturated heterocycles. The summed E-state index contributed by atoms with van der Waals surface area (Å²) in [7, 11) is -1.50. The molecule has 4 fully saturated rings. The molecule has 1 heterocycles. The average molecular weight is 883 g/mol. The van der Waals surface area contributed by atoms with E-state index in [4.69, 9.17) is 19.1 Å². The number of carbonyl (C=O) groups excluding carboxylic acids is 2. The fraction of sp³-hybridized carbons (Fsp3) is 0.896. The molecule has 0 N–H and O–H groups in total. The predicted molar refractivity (Wildman–Crippen MR) is 238 cm³/mol. The van der Waals surface area contributed by atoms with Gasteiger partial charge in [-0.2, -0.15) is 18.4 Å². The lowest BCUT2D eigenvalue weighted by Gasteiger charge is -2.59. The number of fused-ring (bicyclic) bond motifs is 5. The number of nitrogens with zero attached hydrogens (tertiary/aromatic N) is 4. The highest BCUT2D eigenvalue weighted by atomic mass is 31.2. The van der Waals surface area contributed by atoms with Crippen LogP contribution < -0.4 is 0 Å². The summed E-state index contributed by atoms with van der Waals surface area (Å²) in [5.41, 5.74) is 1.42. The first kappa shape index (κ1) is 51.9. The molecule has 3 saturated carbocycles. The Labute approximate surface area is 369 Å². The SMILES string of the molecule is C.CC[C@@H]1C[C@@H](OP(OCCC#N)N(C(C)C)C(C)C)CN1C(=O)CCON(C(=O)C(F)(F)F)C1CC[C@@]2(C)C(=CCC3C2CC[C@@]2(C)C3CC[C@@H]2[C@H](C)CCCC(C)C)C1. The van der Waals surface area contributed by atoms with E-state index < -0.39 is 26.7 Å². The number of hydroxylamine groups is 2. The van der Waals surface area contributed by atoms with Crippen molar-refractivity contribution in [2.24, 2.45) is 46.3 Å². The molecular weight excluding hydrogens is 801 g/mol. The smallest absolute Gasteiger partial charge is 0.337 e. The van der Waals surface area contributed by atoms with Crippen LogP contribution in [0.1, 0.15) is 173 Å². The van der Waals surface area contributed by atoms with Gasteiger partial charge in [-0.25, -0.2) is 9.73 Å². The summed E-state index contributed by atoms with van der Waals surface area (Å²) in [5.74, 6) is 1.73. The van der Waals surface area contributed by atoms with Crippen LogP contribution in [-0.2, 0) is 23.5 Å². The first-order valence-corrected chi connectivity index (χ1v) is 24.7. The van der Waals surface area contributed by atoms with E-state index in [1.165, 1.54) is 44.1 Å². The van der Waals surface area contributed by atoms with Crippen molar-refractivity contribution in [2.45, 2.75) is 209 Å². The Morgan fingerprint density at radius 2 is 1.70 bits per heavy atom. The number of rotatable bonds is 19. The minimum Gasteiger partial charge on any atom is -0.337 e. The molecule has 5 unspecified atom stereocenters. The van der Waals surface area contributed by atoms with Crippen LogP contribution in [0, 0.1) is 57.7 Å². The molecule has 2 amide bonds. The molecule has 0 aromatic heterocycles. The summed E-state index contributed by atoms with van der Waals surface area (Å²) >= 11 is 0. The lowest BCUT2D eigenvalue weighted by molar-refractivity contribution is -0.243. The van der Waals surface area contributed by atoms with Gasteiger partial charge in [0.1, 0.15) is 0 Å². The maximum absolute atomic E-state index is 14.2. The van der Waals surface area contributed by atoms with Gasteiger partial charge in [0.15, 0.2) is 0 Å². The van der Waals surface area contributed by atoms with Crippen molar-refractivity contribution < 1.29 is 36.6 Å². The van der Waals surface area contributed by atoms with Crippen LogP contribution in [0.5, 0.6) is 0 Å². The number of hydrogen-bond donors (Lipinski definition) is 0. The van der Waals surface area contributed by atoms with Crippen LogP contribution in [0.15, 0.2) is 11.6 Å². The molecule has 1 aliphatic heterocycles. The molecule has 13 heteroatoms. The average Bonchev–Trinajstić information content (AvgIpc) is 3.75. The second kappa shape index (κ2) is 21.9. The van der Waals surface area contributed by atoms with Crippen LogP contribution in [0.2, 0.25) is 0 Å². The lowest BCUT2D eigenvalue weighted by atomic mass is 9.47. The number of allylic oxidation sites excluding steroid dienone is 1. The first-order valence-electron chi connectivity index (χ1n) is 23.5. The van der Waals surface area contributed by atoms with Crippen molar-refractivity contribution in [3.05, 3.63) is 11.6 Å². The minimum atomic E-state index is -5.10. The topological polar surface area (TPSA) is 95.3 Å². The highest BCUT2D eigenvalue weighted by Crippen LogP contribution is 2.67. The fourth-order valence-corrected chi connectivity index (χ4v) is 14.5. The molecular formula is C48H82F3N4O5P. The molecule has 0 aromatic rings. The Balaban J connectivity index is 0.00000819. The van der Waals surface area contributed by atoms with E-state index in [1.807, 2.05) is 6.92 Å². The van der Waals surface area contributed by atoms with Gasteiger partial charge < -0.3 is 13.9 Å². The van der Waals surface area contributed by atoms with Crippen LogP contribution in [0.3, 0.4) is 0 Å². The molecule has 0 aromatic carbocycles. The van der Waals surface area contributed by atoms with Crippen molar-refractivity contribution in [1.82, 2.24) is 14.6 Å². The molecule has 0 radical (unpaired) electrons. The number of nitriles is 1. The summed E-state index contributed by atoms with van der Waals surface area (Å²) < 4.78 is 57.3. The van der Waals surface area contributed by atoms with Crippen LogP contribution in [0.25, 0.3) is 0 Å². The molecule has 350 valence electrons. The van der Waals surface area contributed by atoms with E-state index in [0.717, 1.165) is 30.6 Å². The molecule has 0 spiro atoms. The predicted octanol–water partition coefficient (Wildman–Crippen LogP) is 12.4. The van der Waals surface area contributed by atoms with Crippen molar-refractivity contribution in [1.29, 1.82) is 5.26 Å². The third kappa shape index (κ3) is 11.7. The first-order chi connectivity index (χ1) is 28.3. The van der Waals surface area contributed by atoms with Gasteiger partial charge in [-0.3, -0.25) is 14.4 Å². The number of alkyl halides is 3. The van der Waals surface area contributed by atoms with E-state index in [-0.39, 0.29) is 69.0 Å². The summed E-state index contributed by atoms with van der Waals surface area (Å²) in [6, 6.07) is 1.51. The highest BCUT2D eigenvalue weighted by molar-refractivity contribution is 7.44. The van der Waals surface area contributed by atoms with E-state index in [9.17, 15) is 22.8 Å². The molecule has 4 aliphatic carbocycles. The van der Waals surface area contributed by atoms with Gasteiger partial charge in [0.25, 0.3) is 8.53 Å². The third-order valence-electron chi connectivity index (χ3n) is 15.7. The van der Waals surface area contributed by atoms with Crippen molar-refractivity contribution in [3.63, 3.8) is 0 Å². The van der Waals surface area contributed by atoms with Gasteiger partial charge in [0.05, 0.1) is 44.3 Å². The zero-order chi connectivity index (χ0) is 44.2. The zero-order valence-corrected chi connectivity index (χ0v) is 39.5. The Bertz CT molecular complexity index is 1510. The van der Waals surface area contributed by atoms with E-state index in [0.29, 0.717) is 66.9 Å². The Hall–Kier alpha value is -1.77. The van der Waals surface area contributed by atoms with Gasteiger partial charge in [0, 0.05) is 24.7 Å². The third-order valence-corrected chi connectivity index (χ3v) is 17.9. The van der Waals surface area contributed by atoms with Crippen molar-refractivity contribution in [2.75, 3.05) is 19.8 Å². The maximum Gasteiger partial charge on any atom is 0.473 e. The number of halogens is 3. The minimum absolute atomic E-state index is 0. The molecule has 0 bridgehead atoms. The normalized spacial score (nSPS) is 32.2. The zero-order valence-electron chi connectivity index (χ0n) is 38.6. The van der Waals surface area contributed by atoms with Crippen molar-refractivity contribution in [3.8, 4) is 6.07 Å². The molecule has 5 aliphatic rings. The van der Waals surface area contributed by atoms with Gasteiger partial charge in [0.2, 0.25) is 5.91 Å². The number of carbonyl (C=O) groups is 2. The number of likely N-dealkylation sites (tertiary alicyclic amines) is 1. The molecule has 9 nitrogen and oxygen atoms in total. The molecule has 11 atom stereocenters. The van der Waals surface area contributed by atoms with Crippen molar-refractivity contribution >= 4 is 20.3 Å². The highest BCUT2D eigenvalue weighted by Gasteiger charge is 2.60. The molecule has 61 heavy (non-hydrogen) atoms. The van der Waals surface area contributed by atoms with E-state index in [2.05, 4.69) is 79.1 Å². The number of hydrogen-bond acceptors (Lipinski definition) is 7. The van der Waals surface area contributed by atoms with Gasteiger partial charge >= 0.3 is 12.1 Å². The summed E-state index contributed by atoms with van der Waals surface area (Å²) in [5, 5.41) is 9.67. The Morgan fingerprint density at radius 1 is 1.00 bits per heavy atom. The number of amides is 2. The van der Waals surface area contributed by atoms with Crippen LogP contribution in [0.4, 0.5) is 13.2 Å². The summed E-state index contributed by atoms with van der Waals surface area (Å²) in [6.07, 6.45) is 9.61. The van der Waals surface area contributed by atoms with E-state index >= 15 is 0 Å². The Kier molecular flexibility index (Phi) is 18.7. The Morgan fingerprint density at radius 3 is 2.33 bits per heavy atom. The second-order valence-corrected chi connectivity index (χ2v) is 21.9. The fourth-order valence-electron chi connectivity index (χ4n) is 12.8. The summed E-state index contributed by atoms with van der Waals surface area (Å²) in [6.45, 7) is 22.5. The van der Waals surface area contributed by atoms with Gasteiger partial charge in [-0.05, 0) is 138 Å². The molecule has 5 rings (SSSR count). The largest absolute Gasteiger partial charge is 0.473 e. The van der Waals surface area contributed by atoms with Crippen LogP contribution in [-0.4, -0.2) is 82.7 Å². The van der Waals surface area contributed by atoms with E-state index in [1.54, 1.807) is 4.90 Å². The van der Waals surface area contributed by atoms with Gasteiger partial charge in [-0.15, -0.1) is 0 Å². The maximum atomic E-state index is 14.2. The quantitative estimate of drug-likeness (QED) is 0.0552.